The summed E-state index contributed by atoms with van der Waals surface area (Å²) in [5.74, 6) is -8.07. The van der Waals surface area contributed by atoms with Crippen molar-refractivity contribution >= 4 is 43.6 Å². The Morgan fingerprint density at radius 2 is 0.780 bits per heavy atom. The van der Waals surface area contributed by atoms with Gasteiger partial charge in [-0.25, -0.2) is 0 Å². The highest BCUT2D eigenvalue weighted by Gasteiger charge is 2.28. The van der Waals surface area contributed by atoms with Crippen LogP contribution in [0.15, 0.2) is 140 Å². The Labute approximate surface area is 333 Å². The molecule has 10 aromatic rings. The maximum Gasteiger partial charge on any atom is 0.208 e. The number of benzene rings is 8. The van der Waals surface area contributed by atoms with E-state index in [9.17, 15) is 46.0 Å². The molecule has 0 atom stereocenters. The SMILES string of the molecule is Oc1cc(O)c(-c2ccc(-c3c(O)c(O)c(O)c(O)c3O)cc2-n2c3ccccc3c3cc(-c4ccc5c(c4)c4ccccc4n5-c4ccccc4)ccc32)c(O)c1O. The lowest BCUT2D eigenvalue weighted by Gasteiger charge is -2.19. The summed E-state index contributed by atoms with van der Waals surface area (Å²) in [6, 6.07) is 43.6. The fraction of sp³-hybridized carbons (Fsp3) is 0. The molecule has 0 amide bonds. The summed E-state index contributed by atoms with van der Waals surface area (Å²) < 4.78 is 4.09. The second-order valence-corrected chi connectivity index (χ2v) is 14.3. The molecule has 0 saturated heterocycles. The Morgan fingerprint density at radius 3 is 1.39 bits per heavy atom. The maximum absolute atomic E-state index is 11.2. The van der Waals surface area contributed by atoms with Gasteiger partial charge in [-0.1, -0.05) is 78.9 Å². The first-order valence-corrected chi connectivity index (χ1v) is 18.5. The predicted octanol–water partition coefficient (Wildman–Crippen LogP) is 10.2. The predicted molar refractivity (Wildman–Crippen MR) is 226 cm³/mol. The first-order valence-electron chi connectivity index (χ1n) is 18.5. The molecule has 11 heteroatoms. The van der Waals surface area contributed by atoms with E-state index in [0.29, 0.717) is 11.0 Å². The Bertz CT molecular complexity index is 3360. The lowest BCUT2D eigenvalue weighted by Crippen LogP contribution is -1.99. The van der Waals surface area contributed by atoms with Gasteiger partial charge in [-0.3, -0.25) is 0 Å². The number of phenols is 9. The van der Waals surface area contributed by atoms with E-state index in [4.69, 9.17) is 0 Å². The van der Waals surface area contributed by atoms with Gasteiger partial charge in [0.1, 0.15) is 5.75 Å². The van der Waals surface area contributed by atoms with Crippen LogP contribution in [0.3, 0.4) is 0 Å². The third kappa shape index (κ3) is 5.08. The fourth-order valence-corrected chi connectivity index (χ4v) is 8.36. The van der Waals surface area contributed by atoms with Crippen molar-refractivity contribution in [2.45, 2.75) is 0 Å². The summed E-state index contributed by atoms with van der Waals surface area (Å²) in [7, 11) is 0. The van der Waals surface area contributed by atoms with Crippen molar-refractivity contribution in [2.24, 2.45) is 0 Å². The molecule has 10 rings (SSSR count). The Hall–Kier alpha value is -8.44. The van der Waals surface area contributed by atoms with E-state index in [-0.39, 0.29) is 22.4 Å². The molecule has 0 aliphatic heterocycles. The average Bonchev–Trinajstić information content (AvgIpc) is 3.77. The van der Waals surface area contributed by atoms with Crippen LogP contribution in [0.25, 0.3) is 88.4 Å². The van der Waals surface area contributed by atoms with Crippen LogP contribution >= 0.6 is 0 Å². The van der Waals surface area contributed by atoms with Crippen LogP contribution < -0.4 is 0 Å². The number of hydrogen-bond acceptors (Lipinski definition) is 9. The Morgan fingerprint density at radius 1 is 0.305 bits per heavy atom. The van der Waals surface area contributed by atoms with Crippen LogP contribution in [0.2, 0.25) is 0 Å². The van der Waals surface area contributed by atoms with Crippen LogP contribution in [0, 0.1) is 0 Å². The van der Waals surface area contributed by atoms with Gasteiger partial charge >= 0.3 is 0 Å². The van der Waals surface area contributed by atoms with E-state index in [1.807, 2.05) is 71.3 Å². The third-order valence-corrected chi connectivity index (χ3v) is 11.1. The molecule has 59 heavy (non-hydrogen) atoms. The van der Waals surface area contributed by atoms with E-state index < -0.39 is 57.3 Å². The van der Waals surface area contributed by atoms with E-state index in [1.54, 1.807) is 0 Å². The normalized spacial score (nSPS) is 11.7. The largest absolute Gasteiger partial charge is 0.507 e. The minimum atomic E-state index is -1.12. The maximum atomic E-state index is 11.2. The van der Waals surface area contributed by atoms with Gasteiger partial charge in [0, 0.05) is 38.9 Å². The number of rotatable bonds is 5. The van der Waals surface area contributed by atoms with Crippen LogP contribution in [-0.2, 0) is 0 Å². The van der Waals surface area contributed by atoms with Gasteiger partial charge in [0.05, 0.1) is 38.9 Å². The zero-order valence-electron chi connectivity index (χ0n) is 30.7. The number of aromatic hydroxyl groups is 9. The summed E-state index contributed by atoms with van der Waals surface area (Å²) in [5, 5.41) is 99.8. The zero-order chi connectivity index (χ0) is 40.9. The third-order valence-electron chi connectivity index (χ3n) is 11.1. The van der Waals surface area contributed by atoms with Crippen molar-refractivity contribution in [2.75, 3.05) is 0 Å². The van der Waals surface area contributed by atoms with Gasteiger partial charge < -0.3 is 55.1 Å². The summed E-state index contributed by atoms with van der Waals surface area (Å²) >= 11 is 0. The molecule has 11 nitrogen and oxygen atoms in total. The molecule has 0 aliphatic carbocycles. The van der Waals surface area contributed by atoms with Gasteiger partial charge in [-0.05, 0) is 71.3 Å². The summed E-state index contributed by atoms with van der Waals surface area (Å²) in [6.07, 6.45) is 0. The van der Waals surface area contributed by atoms with Crippen molar-refractivity contribution in [3.8, 4) is 96.5 Å². The van der Waals surface area contributed by atoms with Crippen molar-refractivity contribution in [1.29, 1.82) is 0 Å². The van der Waals surface area contributed by atoms with Crippen LogP contribution in [0.4, 0.5) is 0 Å². The minimum absolute atomic E-state index is 0.0526. The van der Waals surface area contributed by atoms with E-state index in [2.05, 4.69) is 53.1 Å². The number of nitrogens with zero attached hydrogens (tertiary/aromatic N) is 2. The van der Waals surface area contributed by atoms with Crippen LogP contribution in [-0.4, -0.2) is 55.1 Å². The van der Waals surface area contributed by atoms with Gasteiger partial charge in [-0.2, -0.15) is 0 Å². The molecule has 2 aromatic heterocycles. The molecule has 0 radical (unpaired) electrons. The minimum Gasteiger partial charge on any atom is -0.507 e. The molecule has 288 valence electrons. The number of hydrogen-bond donors (Lipinski definition) is 9. The molecule has 0 saturated carbocycles. The van der Waals surface area contributed by atoms with Crippen LogP contribution in [0.1, 0.15) is 0 Å². The zero-order valence-corrected chi connectivity index (χ0v) is 30.7. The van der Waals surface area contributed by atoms with E-state index in [0.717, 1.165) is 55.5 Å². The number of fused-ring (bicyclic) bond motifs is 6. The lowest BCUT2D eigenvalue weighted by molar-refractivity contribution is 0.330. The molecular weight excluding hydrogens is 749 g/mol. The van der Waals surface area contributed by atoms with Crippen molar-refractivity contribution in [3.05, 3.63) is 140 Å². The monoisotopic (exact) mass is 780 g/mol. The molecule has 8 aromatic carbocycles. The van der Waals surface area contributed by atoms with Crippen molar-refractivity contribution < 1.29 is 46.0 Å². The van der Waals surface area contributed by atoms with Crippen molar-refractivity contribution in [1.82, 2.24) is 9.13 Å². The van der Waals surface area contributed by atoms with Crippen LogP contribution in [0.5, 0.6) is 51.7 Å². The van der Waals surface area contributed by atoms with Gasteiger partial charge in [0.25, 0.3) is 0 Å². The summed E-state index contributed by atoms with van der Waals surface area (Å²) in [4.78, 5) is 0. The summed E-state index contributed by atoms with van der Waals surface area (Å²) in [6.45, 7) is 0. The average molecular weight is 781 g/mol. The molecule has 0 aliphatic rings. The second-order valence-electron chi connectivity index (χ2n) is 14.3. The van der Waals surface area contributed by atoms with Gasteiger partial charge in [0.15, 0.2) is 23.0 Å². The smallest absolute Gasteiger partial charge is 0.208 e. The lowest BCUT2D eigenvalue weighted by atomic mass is 9.94. The highest BCUT2D eigenvalue weighted by Crippen LogP contribution is 2.56. The summed E-state index contributed by atoms with van der Waals surface area (Å²) in [5.41, 5.74) is 6.24. The molecule has 0 unspecified atom stereocenters. The highest BCUT2D eigenvalue weighted by atomic mass is 16.4. The molecule has 0 fully saturated rings. The molecule has 0 bridgehead atoms. The topological polar surface area (TPSA) is 192 Å². The van der Waals surface area contributed by atoms with E-state index >= 15 is 0 Å². The molecule has 0 spiro atoms. The molecular formula is C48H32N2O9. The highest BCUT2D eigenvalue weighted by molar-refractivity contribution is 6.13. The molecule has 2 heterocycles. The second kappa shape index (κ2) is 12.8. The quantitative estimate of drug-likeness (QED) is 0.0604. The number of para-hydroxylation sites is 3. The standard InChI is InChI=1S/C48H32N2O9/c51-38-23-39(52)42(53)45(56)41(38)30-17-14-26(40-43(54)46(57)48(59)47(58)44(40)55)22-37(30)50-34-13-7-5-11-29(34)32-21-25(16-19-36(32)50)24-15-18-35-31(20-24)28-10-4-6-12-33(28)49(35)27-8-2-1-3-9-27/h1-23,51-59H. The van der Waals surface area contributed by atoms with Crippen molar-refractivity contribution in [3.63, 3.8) is 0 Å². The Kier molecular flexibility index (Phi) is 7.59. The first-order chi connectivity index (χ1) is 28.5. The first kappa shape index (κ1) is 35.0. The van der Waals surface area contributed by atoms with Gasteiger partial charge in [-0.15, -0.1) is 0 Å². The Balaban J connectivity index is 1.23. The van der Waals surface area contributed by atoms with E-state index in [1.165, 1.54) is 18.2 Å². The number of aromatic nitrogens is 2. The number of phenolic OH excluding ortho intramolecular Hbond substituents is 9. The molecule has 9 N–H and O–H groups in total. The fourth-order valence-electron chi connectivity index (χ4n) is 8.36. The van der Waals surface area contributed by atoms with Gasteiger partial charge in [0.2, 0.25) is 23.0 Å².